The van der Waals surface area contributed by atoms with E-state index >= 15 is 0 Å². The fourth-order valence-corrected chi connectivity index (χ4v) is 7.25. The highest BCUT2D eigenvalue weighted by Gasteiger charge is 2.36. The molecule has 0 aliphatic heterocycles. The number of hydrogen-bond donors (Lipinski definition) is 1. The van der Waals surface area contributed by atoms with Crippen LogP contribution in [0, 0.1) is 17.0 Å². The smallest absolute Gasteiger partial charge is 0.271 e. The maximum absolute atomic E-state index is 14.6. The summed E-state index contributed by atoms with van der Waals surface area (Å²) in [7, 11) is -4.36. The average Bonchev–Trinajstić information content (AvgIpc) is 3.60. The maximum Gasteiger partial charge on any atom is 0.271 e. The lowest BCUT2D eigenvalue weighted by Crippen LogP contribution is -2.54. The number of benzene rings is 4. The Bertz CT molecular complexity index is 1790. The zero-order valence-corrected chi connectivity index (χ0v) is 27.0. The van der Waals surface area contributed by atoms with E-state index in [0.717, 1.165) is 52.7 Å². The molecule has 1 atom stereocenters. The first-order chi connectivity index (χ1) is 22.6. The van der Waals surface area contributed by atoms with Gasteiger partial charge < -0.3 is 10.2 Å². The lowest BCUT2D eigenvalue weighted by Gasteiger charge is -2.34. The van der Waals surface area contributed by atoms with Gasteiger partial charge in [0.2, 0.25) is 11.8 Å². The van der Waals surface area contributed by atoms with Crippen molar-refractivity contribution >= 4 is 33.2 Å². The zero-order valence-electron chi connectivity index (χ0n) is 26.2. The van der Waals surface area contributed by atoms with Gasteiger partial charge in [0.1, 0.15) is 12.6 Å². The Hall–Kier alpha value is -5.03. The van der Waals surface area contributed by atoms with E-state index in [4.69, 9.17) is 0 Å². The first-order valence-corrected chi connectivity index (χ1v) is 17.1. The van der Waals surface area contributed by atoms with Gasteiger partial charge in [-0.15, -0.1) is 0 Å². The number of nitrogens with one attached hydrogen (secondary N) is 1. The summed E-state index contributed by atoms with van der Waals surface area (Å²) in [5.74, 6) is -0.937. The highest BCUT2D eigenvalue weighted by molar-refractivity contribution is 7.92. The Balaban J connectivity index is 1.58. The van der Waals surface area contributed by atoms with Crippen LogP contribution in [0.1, 0.15) is 42.4 Å². The number of sulfonamides is 1. The van der Waals surface area contributed by atoms with Gasteiger partial charge in [-0.3, -0.25) is 24.0 Å². The van der Waals surface area contributed by atoms with Crippen LogP contribution in [0.3, 0.4) is 0 Å². The van der Waals surface area contributed by atoms with Crippen LogP contribution in [0.2, 0.25) is 0 Å². The lowest BCUT2D eigenvalue weighted by atomic mass is 10.0. The standard InChI is InChI=1S/C36H38N4O6S/c1-27-19-21-29(22-20-27)25-38(34(23-28-11-4-2-5-12-28)36(42)37-30-13-8-9-14-30)35(41)26-39(31-15-10-16-32(24-31)40(43)44)47(45,46)33-17-6-3-7-18-33/h2-7,10-12,15-22,24,30,34H,8-9,13-14,23,25-26H2,1H3,(H,37,42). The molecule has 5 rings (SSSR count). The van der Waals surface area contributed by atoms with Gasteiger partial charge in [-0.05, 0) is 49.1 Å². The third-order valence-corrected chi connectivity index (χ3v) is 10.2. The Morgan fingerprint density at radius 1 is 0.872 bits per heavy atom. The second kappa shape index (κ2) is 15.0. The predicted octanol–water partition coefficient (Wildman–Crippen LogP) is 5.80. The normalized spacial score (nSPS) is 13.9. The first-order valence-electron chi connectivity index (χ1n) is 15.6. The van der Waals surface area contributed by atoms with E-state index < -0.39 is 33.4 Å². The minimum absolute atomic E-state index is 0.00285. The third-order valence-electron chi connectivity index (χ3n) is 8.38. The molecule has 4 aromatic carbocycles. The summed E-state index contributed by atoms with van der Waals surface area (Å²) in [4.78, 5) is 41.0. The van der Waals surface area contributed by atoms with Crippen molar-refractivity contribution in [3.8, 4) is 0 Å². The molecule has 11 heteroatoms. The topological polar surface area (TPSA) is 130 Å². The molecule has 1 fully saturated rings. The summed E-state index contributed by atoms with van der Waals surface area (Å²) in [6, 6.07) is 28.8. The minimum Gasteiger partial charge on any atom is -0.352 e. The quantitative estimate of drug-likeness (QED) is 0.143. The molecule has 0 saturated heterocycles. The largest absolute Gasteiger partial charge is 0.352 e. The van der Waals surface area contributed by atoms with Crippen molar-refractivity contribution in [2.75, 3.05) is 10.8 Å². The third kappa shape index (κ3) is 8.42. The number of rotatable bonds is 13. The van der Waals surface area contributed by atoms with Crippen molar-refractivity contribution < 1.29 is 22.9 Å². The van der Waals surface area contributed by atoms with E-state index in [1.165, 1.54) is 35.2 Å². The molecule has 1 unspecified atom stereocenters. The number of amides is 2. The molecular weight excluding hydrogens is 616 g/mol. The molecule has 1 saturated carbocycles. The van der Waals surface area contributed by atoms with E-state index in [1.54, 1.807) is 18.2 Å². The van der Waals surface area contributed by atoms with Gasteiger partial charge in [0.15, 0.2) is 0 Å². The number of non-ortho nitro benzene ring substituents is 1. The number of nitro groups is 1. The van der Waals surface area contributed by atoms with Crippen LogP contribution in [0.4, 0.5) is 11.4 Å². The van der Waals surface area contributed by atoms with Crippen molar-refractivity contribution in [1.82, 2.24) is 10.2 Å². The molecule has 244 valence electrons. The molecule has 0 heterocycles. The van der Waals surface area contributed by atoms with Crippen LogP contribution in [0.25, 0.3) is 0 Å². The van der Waals surface area contributed by atoms with Gasteiger partial charge in [-0.1, -0.05) is 97.3 Å². The van der Waals surface area contributed by atoms with Crippen LogP contribution < -0.4 is 9.62 Å². The Morgan fingerprint density at radius 3 is 2.15 bits per heavy atom. The van der Waals surface area contributed by atoms with Crippen LogP contribution >= 0.6 is 0 Å². The number of nitro benzene ring substituents is 1. The number of hydrogen-bond acceptors (Lipinski definition) is 6. The van der Waals surface area contributed by atoms with Gasteiger partial charge in [-0.25, -0.2) is 8.42 Å². The maximum atomic E-state index is 14.6. The first kappa shape index (κ1) is 33.3. The molecule has 1 N–H and O–H groups in total. The lowest BCUT2D eigenvalue weighted by molar-refractivity contribution is -0.384. The van der Waals surface area contributed by atoms with Gasteiger partial charge in [0.05, 0.1) is 15.5 Å². The summed E-state index contributed by atoms with van der Waals surface area (Å²) in [6.07, 6.45) is 3.93. The number of nitrogens with zero attached hydrogens (tertiary/aromatic N) is 3. The van der Waals surface area contributed by atoms with Crippen molar-refractivity contribution in [3.05, 3.63) is 136 Å². The minimum atomic E-state index is -4.36. The fraction of sp³-hybridized carbons (Fsp3) is 0.278. The summed E-state index contributed by atoms with van der Waals surface area (Å²) in [5.41, 5.74) is 2.27. The second-order valence-electron chi connectivity index (χ2n) is 11.8. The Kier molecular flexibility index (Phi) is 10.7. The van der Waals surface area contributed by atoms with Crippen LogP contribution in [0.15, 0.2) is 114 Å². The van der Waals surface area contributed by atoms with Crippen LogP contribution in [0.5, 0.6) is 0 Å². The van der Waals surface area contributed by atoms with E-state index in [0.29, 0.717) is 0 Å². The average molecular weight is 655 g/mol. The molecule has 0 radical (unpaired) electrons. The van der Waals surface area contributed by atoms with E-state index in [-0.39, 0.29) is 41.2 Å². The summed E-state index contributed by atoms with van der Waals surface area (Å²) >= 11 is 0. The molecule has 0 aromatic heterocycles. The zero-order chi connectivity index (χ0) is 33.4. The SMILES string of the molecule is Cc1ccc(CN(C(=O)CN(c2cccc([N+](=O)[O-])c2)S(=O)(=O)c2ccccc2)C(Cc2ccccc2)C(=O)NC2CCCC2)cc1. The molecular formula is C36H38N4O6S. The Labute approximate surface area is 275 Å². The number of anilines is 1. The molecule has 1 aliphatic rings. The van der Waals surface area contributed by atoms with Crippen molar-refractivity contribution in [1.29, 1.82) is 0 Å². The highest BCUT2D eigenvalue weighted by atomic mass is 32.2. The van der Waals surface area contributed by atoms with E-state index in [2.05, 4.69) is 5.32 Å². The number of carbonyl (C=O) groups is 2. The molecule has 10 nitrogen and oxygen atoms in total. The second-order valence-corrected chi connectivity index (χ2v) is 13.7. The monoisotopic (exact) mass is 654 g/mol. The van der Waals surface area contributed by atoms with Gasteiger partial charge >= 0.3 is 0 Å². The fourth-order valence-electron chi connectivity index (χ4n) is 5.82. The van der Waals surface area contributed by atoms with Crippen molar-refractivity contribution in [2.24, 2.45) is 0 Å². The number of aryl methyl sites for hydroxylation is 1. The Morgan fingerprint density at radius 2 is 1.51 bits per heavy atom. The molecule has 0 spiro atoms. The molecule has 47 heavy (non-hydrogen) atoms. The summed E-state index contributed by atoms with van der Waals surface area (Å²) in [6.45, 7) is 1.31. The summed E-state index contributed by atoms with van der Waals surface area (Å²) in [5, 5.41) is 14.8. The van der Waals surface area contributed by atoms with Crippen molar-refractivity contribution in [3.63, 3.8) is 0 Å². The van der Waals surface area contributed by atoms with Gasteiger partial charge in [0.25, 0.3) is 15.7 Å². The van der Waals surface area contributed by atoms with Gasteiger partial charge in [-0.2, -0.15) is 0 Å². The van der Waals surface area contributed by atoms with Crippen LogP contribution in [-0.4, -0.2) is 48.7 Å². The van der Waals surface area contributed by atoms with E-state index in [1.807, 2.05) is 61.5 Å². The predicted molar refractivity (Wildman–Crippen MR) is 180 cm³/mol. The van der Waals surface area contributed by atoms with Crippen LogP contribution in [-0.2, 0) is 32.6 Å². The molecule has 1 aliphatic carbocycles. The van der Waals surface area contributed by atoms with Gasteiger partial charge in [0, 0.05) is 31.1 Å². The molecule has 2 amide bonds. The number of carbonyl (C=O) groups excluding carboxylic acids is 2. The highest BCUT2D eigenvalue weighted by Crippen LogP contribution is 2.28. The van der Waals surface area contributed by atoms with Crippen molar-refractivity contribution in [2.45, 2.75) is 62.6 Å². The molecule has 4 aromatic rings. The van der Waals surface area contributed by atoms with E-state index in [9.17, 15) is 28.1 Å². The molecule has 0 bridgehead atoms. The summed E-state index contributed by atoms with van der Waals surface area (Å²) < 4.78 is 29.1.